The van der Waals surface area contributed by atoms with Gasteiger partial charge in [0.05, 0.1) is 23.3 Å². The third kappa shape index (κ3) is 4.71. The predicted molar refractivity (Wildman–Crippen MR) is 130 cm³/mol. The summed E-state index contributed by atoms with van der Waals surface area (Å²) in [5, 5.41) is 5.63. The second-order valence-corrected chi connectivity index (χ2v) is 8.40. The smallest absolute Gasteiger partial charge is 0.325 e. The summed E-state index contributed by atoms with van der Waals surface area (Å²) in [6.45, 7) is 1.58. The number of nitrogen functional groups attached to an aromatic ring is 1. The minimum atomic E-state index is -0.451. The van der Waals surface area contributed by atoms with Crippen LogP contribution in [0.25, 0.3) is 10.8 Å². The van der Waals surface area contributed by atoms with Gasteiger partial charge in [-0.3, -0.25) is 19.7 Å². The van der Waals surface area contributed by atoms with E-state index >= 15 is 0 Å². The van der Waals surface area contributed by atoms with E-state index in [-0.39, 0.29) is 11.4 Å². The van der Waals surface area contributed by atoms with Crippen LogP contribution >= 0.6 is 31.9 Å². The van der Waals surface area contributed by atoms with E-state index < -0.39 is 6.03 Å². The second-order valence-electron chi connectivity index (χ2n) is 6.69. The predicted octanol–water partition coefficient (Wildman–Crippen LogP) is 4.30. The molecule has 1 aromatic heterocycles. The highest BCUT2D eigenvalue weighted by Gasteiger charge is 2.19. The topological polar surface area (TPSA) is 118 Å². The molecule has 160 valence electrons. The Balaban J connectivity index is 1.89. The number of benzene rings is 2. The van der Waals surface area contributed by atoms with Crippen LogP contribution in [0.3, 0.4) is 0 Å². The molecule has 3 rings (SSSR count). The number of nitrogens with two attached hydrogens (primary N) is 2. The van der Waals surface area contributed by atoms with Crippen molar-refractivity contribution in [3.63, 3.8) is 0 Å². The lowest BCUT2D eigenvalue weighted by Gasteiger charge is -2.24. The summed E-state index contributed by atoms with van der Waals surface area (Å²) in [7, 11) is 1.62. The summed E-state index contributed by atoms with van der Waals surface area (Å²) in [5.41, 5.74) is 7.75. The van der Waals surface area contributed by atoms with Gasteiger partial charge in [-0.05, 0) is 50.9 Å². The molecule has 2 amide bonds. The summed E-state index contributed by atoms with van der Waals surface area (Å²) < 4.78 is 1.46. The molecule has 31 heavy (non-hydrogen) atoms. The van der Waals surface area contributed by atoms with Crippen LogP contribution in [0.2, 0.25) is 0 Å². The highest BCUT2D eigenvalue weighted by molar-refractivity contribution is 9.13. The van der Waals surface area contributed by atoms with Gasteiger partial charge in [-0.2, -0.15) is 0 Å². The van der Waals surface area contributed by atoms with E-state index in [4.69, 9.17) is 11.6 Å². The number of allylic oxidation sites excluding steroid dienone is 2. The molecular weight excluding hydrogens is 528 g/mol. The van der Waals surface area contributed by atoms with Crippen molar-refractivity contribution in [3.8, 4) is 0 Å². The van der Waals surface area contributed by atoms with Gasteiger partial charge >= 0.3 is 6.03 Å². The van der Waals surface area contributed by atoms with Crippen molar-refractivity contribution in [2.75, 3.05) is 22.7 Å². The quantitative estimate of drug-likeness (QED) is 0.144. The van der Waals surface area contributed by atoms with Gasteiger partial charge in [-0.25, -0.2) is 10.6 Å². The van der Waals surface area contributed by atoms with Crippen molar-refractivity contribution in [2.45, 2.75) is 6.92 Å². The SMILES string of the molecule is C/C(NC(=O)N(C)c1cncc2ccccc12)=C(/C=O)N(N)c1cc(Br)c(Br)cc1N. The fraction of sp³-hybridized carbons (Fsp3) is 0.0952. The van der Waals surface area contributed by atoms with E-state index in [1.165, 1.54) is 4.90 Å². The Morgan fingerprint density at radius 3 is 2.52 bits per heavy atom. The second kappa shape index (κ2) is 9.46. The number of carbonyl (C=O) groups is 2. The fourth-order valence-electron chi connectivity index (χ4n) is 3.00. The number of pyridine rings is 1. The molecule has 10 heteroatoms. The Morgan fingerprint density at radius 2 is 1.81 bits per heavy atom. The Bertz CT molecular complexity index is 1190. The van der Waals surface area contributed by atoms with E-state index in [1.54, 1.807) is 38.5 Å². The lowest BCUT2D eigenvalue weighted by molar-refractivity contribution is -0.105. The number of hydrogen-bond acceptors (Lipinski definition) is 6. The number of fused-ring (bicyclic) bond motifs is 1. The summed E-state index contributed by atoms with van der Waals surface area (Å²) in [5.74, 6) is 6.16. The van der Waals surface area contributed by atoms with E-state index in [0.29, 0.717) is 27.8 Å². The molecule has 0 aliphatic carbocycles. The van der Waals surface area contributed by atoms with Crippen LogP contribution in [0.1, 0.15) is 6.92 Å². The van der Waals surface area contributed by atoms with Gasteiger partial charge in [0.25, 0.3) is 0 Å². The number of rotatable bonds is 5. The number of aromatic nitrogens is 1. The molecule has 0 saturated heterocycles. The zero-order valence-corrected chi connectivity index (χ0v) is 19.9. The number of hydrazine groups is 1. The molecule has 5 N–H and O–H groups in total. The van der Waals surface area contributed by atoms with Crippen molar-refractivity contribution in [3.05, 3.63) is 69.1 Å². The first-order valence-corrected chi connectivity index (χ1v) is 10.7. The third-order valence-electron chi connectivity index (χ3n) is 4.69. The average Bonchev–Trinajstić information content (AvgIpc) is 2.75. The maximum Gasteiger partial charge on any atom is 0.325 e. The van der Waals surface area contributed by atoms with E-state index in [1.807, 2.05) is 24.3 Å². The van der Waals surface area contributed by atoms with Crippen LogP contribution < -0.4 is 26.8 Å². The van der Waals surface area contributed by atoms with Gasteiger partial charge in [0, 0.05) is 38.7 Å². The molecule has 8 nitrogen and oxygen atoms in total. The van der Waals surface area contributed by atoms with Gasteiger partial charge in [0.1, 0.15) is 5.70 Å². The van der Waals surface area contributed by atoms with Crippen LogP contribution in [0, 0.1) is 0 Å². The van der Waals surface area contributed by atoms with Crippen LogP contribution in [0.5, 0.6) is 0 Å². The highest BCUT2D eigenvalue weighted by Crippen LogP contribution is 2.34. The van der Waals surface area contributed by atoms with Crippen LogP contribution in [0.4, 0.5) is 21.9 Å². The normalized spacial score (nSPS) is 11.6. The molecule has 0 aliphatic rings. The Labute approximate surface area is 196 Å². The molecule has 1 heterocycles. The van der Waals surface area contributed by atoms with Gasteiger partial charge in [-0.15, -0.1) is 0 Å². The molecule has 0 spiro atoms. The maximum absolute atomic E-state index is 12.9. The zero-order valence-electron chi connectivity index (χ0n) is 16.8. The number of nitrogens with one attached hydrogen (secondary N) is 1. The first kappa shape index (κ1) is 22.7. The number of nitrogens with zero attached hydrogens (tertiary/aromatic N) is 3. The third-order valence-corrected chi connectivity index (χ3v) is 6.54. The Hall–Kier alpha value is -2.95. The van der Waals surface area contributed by atoms with Gasteiger partial charge in [0.2, 0.25) is 0 Å². The monoisotopic (exact) mass is 546 g/mol. The van der Waals surface area contributed by atoms with E-state index in [9.17, 15) is 9.59 Å². The highest BCUT2D eigenvalue weighted by atomic mass is 79.9. The number of amides is 2. The van der Waals surface area contributed by atoms with Crippen LogP contribution in [-0.2, 0) is 4.79 Å². The fourth-order valence-corrected chi connectivity index (χ4v) is 3.69. The zero-order chi connectivity index (χ0) is 22.7. The van der Waals surface area contributed by atoms with Gasteiger partial charge in [-0.1, -0.05) is 24.3 Å². The first-order valence-electron chi connectivity index (χ1n) is 9.07. The first-order chi connectivity index (χ1) is 14.7. The number of halogens is 2. The molecule has 0 aliphatic heterocycles. The molecule has 0 saturated carbocycles. The number of aldehydes is 1. The van der Waals surface area contributed by atoms with Crippen molar-refractivity contribution in [2.24, 2.45) is 5.84 Å². The minimum absolute atomic E-state index is 0.0544. The molecule has 0 unspecified atom stereocenters. The number of anilines is 3. The molecule has 0 atom stereocenters. The maximum atomic E-state index is 12.9. The van der Waals surface area contributed by atoms with Crippen molar-refractivity contribution >= 4 is 72.0 Å². The number of urea groups is 1. The average molecular weight is 548 g/mol. The number of hydrogen-bond donors (Lipinski definition) is 3. The van der Waals surface area contributed by atoms with E-state index in [2.05, 4.69) is 42.2 Å². The van der Waals surface area contributed by atoms with Crippen LogP contribution in [-0.4, -0.2) is 24.3 Å². The molecule has 0 bridgehead atoms. The van der Waals surface area contributed by atoms with Crippen LogP contribution in [0.15, 0.2) is 69.1 Å². The summed E-state index contributed by atoms with van der Waals surface area (Å²) in [6, 6.07) is 10.5. The molecule has 0 radical (unpaired) electrons. The number of carbonyl (C=O) groups excluding carboxylic acids is 2. The van der Waals surface area contributed by atoms with Crippen molar-refractivity contribution < 1.29 is 9.59 Å². The van der Waals surface area contributed by atoms with Gasteiger partial charge < -0.3 is 11.1 Å². The van der Waals surface area contributed by atoms with E-state index in [0.717, 1.165) is 20.3 Å². The lowest BCUT2D eigenvalue weighted by atomic mass is 10.1. The summed E-state index contributed by atoms with van der Waals surface area (Å²) in [4.78, 5) is 30.3. The molecular formula is C21H20Br2N6O2. The molecule has 0 fully saturated rings. The largest absolute Gasteiger partial charge is 0.397 e. The van der Waals surface area contributed by atoms with Crippen molar-refractivity contribution in [1.82, 2.24) is 10.3 Å². The Kier molecular flexibility index (Phi) is 6.94. The summed E-state index contributed by atoms with van der Waals surface area (Å²) in [6.07, 6.45) is 3.90. The van der Waals surface area contributed by atoms with Gasteiger partial charge in [0.15, 0.2) is 6.29 Å². The lowest BCUT2D eigenvalue weighted by Crippen LogP contribution is -2.40. The molecule has 2 aromatic carbocycles. The Morgan fingerprint density at radius 1 is 1.13 bits per heavy atom. The minimum Gasteiger partial charge on any atom is -0.397 e. The van der Waals surface area contributed by atoms with Crippen molar-refractivity contribution in [1.29, 1.82) is 0 Å². The summed E-state index contributed by atoms with van der Waals surface area (Å²) >= 11 is 6.76. The standard InChI is InChI=1S/C21H20Br2N6O2/c1-12(20(11-30)29(25)18-8-16(23)15(22)7-17(18)24)27-21(31)28(2)19-10-26-9-13-5-3-4-6-14(13)19/h3-11H,24-25H2,1-2H3,(H,27,31)/b20-12+. The molecule has 3 aromatic rings.